The summed E-state index contributed by atoms with van der Waals surface area (Å²) < 4.78 is 0. The Morgan fingerprint density at radius 2 is 1.90 bits per heavy atom. The van der Waals surface area contributed by atoms with Crippen molar-refractivity contribution >= 4 is 11.6 Å². The molecule has 0 bridgehead atoms. The van der Waals surface area contributed by atoms with Gasteiger partial charge >= 0.3 is 0 Å². The number of nitrogens with one attached hydrogen (secondary N) is 2. The number of nitrogens with zero attached hydrogens (tertiary/aromatic N) is 2. The summed E-state index contributed by atoms with van der Waals surface area (Å²) >= 11 is 0. The van der Waals surface area contributed by atoms with Gasteiger partial charge in [-0.05, 0) is 37.8 Å². The number of piperidine rings is 1. The van der Waals surface area contributed by atoms with Gasteiger partial charge in [-0.25, -0.2) is 9.97 Å². The van der Waals surface area contributed by atoms with Crippen LogP contribution in [0.4, 0.5) is 5.69 Å². The molecular weight excluding hydrogens is 264 g/mol. The fraction of sp³-hybridized carbons (Fsp3) is 0.688. The lowest BCUT2D eigenvalue weighted by Crippen LogP contribution is -2.31. The standard InChI is InChI=1S/C16H24N4O/c1-15(2,3)14-18-9-11(10-19-14)20-13(21)12-8-16(12)4-6-17-7-5-16/h9-10,12,17H,4-8H2,1-3H3,(H,20,21). The number of hydrogen-bond donors (Lipinski definition) is 2. The summed E-state index contributed by atoms with van der Waals surface area (Å²) in [5.41, 5.74) is 0.892. The van der Waals surface area contributed by atoms with Crippen LogP contribution in [0.1, 0.15) is 45.9 Å². The minimum atomic E-state index is -0.0712. The summed E-state index contributed by atoms with van der Waals surface area (Å²) in [6.45, 7) is 8.29. The van der Waals surface area contributed by atoms with Gasteiger partial charge in [-0.15, -0.1) is 0 Å². The SMILES string of the molecule is CC(C)(C)c1ncc(NC(=O)C2CC23CCNCC3)cn1. The summed E-state index contributed by atoms with van der Waals surface area (Å²) in [5.74, 6) is 1.09. The number of hydrogen-bond acceptors (Lipinski definition) is 4. The highest BCUT2D eigenvalue weighted by Crippen LogP contribution is 2.58. The minimum absolute atomic E-state index is 0.0712. The Balaban J connectivity index is 1.61. The molecule has 1 aliphatic heterocycles. The maximum atomic E-state index is 12.3. The van der Waals surface area contributed by atoms with Crippen LogP contribution in [0.5, 0.6) is 0 Å². The second kappa shape index (κ2) is 5.05. The van der Waals surface area contributed by atoms with Crippen LogP contribution in [0.3, 0.4) is 0 Å². The molecule has 21 heavy (non-hydrogen) atoms. The summed E-state index contributed by atoms with van der Waals surface area (Å²) in [5, 5.41) is 6.33. The lowest BCUT2D eigenvalue weighted by atomic mass is 9.92. The van der Waals surface area contributed by atoms with Crippen molar-refractivity contribution in [2.75, 3.05) is 18.4 Å². The van der Waals surface area contributed by atoms with Crippen molar-refractivity contribution in [1.29, 1.82) is 0 Å². The Morgan fingerprint density at radius 3 is 2.48 bits per heavy atom. The fourth-order valence-corrected chi connectivity index (χ4v) is 3.20. The monoisotopic (exact) mass is 288 g/mol. The number of carbonyl (C=O) groups is 1. The second-order valence-electron chi connectivity index (χ2n) is 7.40. The first-order chi connectivity index (χ1) is 9.91. The number of amides is 1. The van der Waals surface area contributed by atoms with E-state index in [0.717, 1.165) is 38.2 Å². The van der Waals surface area contributed by atoms with Gasteiger partial charge < -0.3 is 10.6 Å². The van der Waals surface area contributed by atoms with Crippen molar-refractivity contribution in [3.05, 3.63) is 18.2 Å². The number of aromatic nitrogens is 2. The van der Waals surface area contributed by atoms with Gasteiger partial charge in [0.05, 0.1) is 18.1 Å². The minimum Gasteiger partial charge on any atom is -0.323 e. The Bertz CT molecular complexity index is 526. The molecule has 1 saturated carbocycles. The van der Waals surface area contributed by atoms with E-state index in [2.05, 4.69) is 41.4 Å². The molecule has 1 aromatic rings. The number of anilines is 1. The fourth-order valence-electron chi connectivity index (χ4n) is 3.20. The molecule has 114 valence electrons. The van der Waals surface area contributed by atoms with E-state index in [1.807, 2.05) is 0 Å². The van der Waals surface area contributed by atoms with Gasteiger partial charge in [-0.1, -0.05) is 20.8 Å². The zero-order valence-corrected chi connectivity index (χ0v) is 13.1. The average Bonchev–Trinajstić information content (AvgIpc) is 3.13. The van der Waals surface area contributed by atoms with Gasteiger partial charge in [-0.2, -0.15) is 0 Å². The van der Waals surface area contributed by atoms with Crippen molar-refractivity contribution in [2.24, 2.45) is 11.3 Å². The first kappa shape index (κ1) is 14.4. The quantitative estimate of drug-likeness (QED) is 0.874. The zero-order chi connectivity index (χ0) is 15.1. The van der Waals surface area contributed by atoms with Crippen molar-refractivity contribution < 1.29 is 4.79 Å². The van der Waals surface area contributed by atoms with E-state index < -0.39 is 0 Å². The average molecular weight is 288 g/mol. The highest BCUT2D eigenvalue weighted by Gasteiger charge is 2.57. The van der Waals surface area contributed by atoms with Crippen molar-refractivity contribution in [2.45, 2.75) is 45.4 Å². The predicted molar refractivity (Wildman–Crippen MR) is 82.0 cm³/mol. The van der Waals surface area contributed by atoms with Gasteiger partial charge in [0.2, 0.25) is 5.91 Å². The lowest BCUT2D eigenvalue weighted by molar-refractivity contribution is -0.118. The molecule has 0 radical (unpaired) electrons. The van der Waals surface area contributed by atoms with E-state index in [1.54, 1.807) is 12.4 Å². The van der Waals surface area contributed by atoms with Gasteiger partial charge in [0.1, 0.15) is 5.82 Å². The molecule has 1 saturated heterocycles. The number of rotatable bonds is 2. The van der Waals surface area contributed by atoms with Crippen LogP contribution in [-0.2, 0) is 10.2 Å². The van der Waals surface area contributed by atoms with Crippen LogP contribution in [0, 0.1) is 11.3 Å². The summed E-state index contributed by atoms with van der Waals surface area (Å²) in [7, 11) is 0. The zero-order valence-electron chi connectivity index (χ0n) is 13.1. The molecule has 2 aliphatic rings. The third-order valence-corrected chi connectivity index (χ3v) is 4.70. The van der Waals surface area contributed by atoms with E-state index in [9.17, 15) is 4.79 Å². The summed E-state index contributed by atoms with van der Waals surface area (Å²) in [6.07, 6.45) is 6.68. The van der Waals surface area contributed by atoms with Gasteiger partial charge in [0.15, 0.2) is 0 Å². The predicted octanol–water partition coefficient (Wildman–Crippen LogP) is 2.10. The van der Waals surface area contributed by atoms with Crippen LogP contribution >= 0.6 is 0 Å². The largest absolute Gasteiger partial charge is 0.323 e. The first-order valence-corrected chi connectivity index (χ1v) is 7.75. The van der Waals surface area contributed by atoms with E-state index in [-0.39, 0.29) is 22.7 Å². The van der Waals surface area contributed by atoms with Crippen LogP contribution in [-0.4, -0.2) is 29.0 Å². The van der Waals surface area contributed by atoms with Crippen LogP contribution in [0.2, 0.25) is 0 Å². The molecule has 3 rings (SSSR count). The Kier molecular flexibility index (Phi) is 3.48. The van der Waals surface area contributed by atoms with E-state index in [4.69, 9.17) is 0 Å². The van der Waals surface area contributed by atoms with E-state index in [1.165, 1.54) is 0 Å². The van der Waals surface area contributed by atoms with Gasteiger partial charge in [0, 0.05) is 11.3 Å². The smallest absolute Gasteiger partial charge is 0.228 e. The van der Waals surface area contributed by atoms with Crippen molar-refractivity contribution in [3.63, 3.8) is 0 Å². The third-order valence-electron chi connectivity index (χ3n) is 4.70. The van der Waals surface area contributed by atoms with Crippen LogP contribution in [0.15, 0.2) is 12.4 Å². The molecule has 1 amide bonds. The Labute approximate surface area is 125 Å². The van der Waals surface area contributed by atoms with Gasteiger partial charge in [-0.3, -0.25) is 4.79 Å². The first-order valence-electron chi connectivity index (χ1n) is 7.75. The third kappa shape index (κ3) is 2.93. The van der Waals surface area contributed by atoms with Gasteiger partial charge in [0.25, 0.3) is 0 Å². The molecular formula is C16H24N4O. The molecule has 2 fully saturated rings. The van der Waals surface area contributed by atoms with E-state index in [0.29, 0.717) is 5.69 Å². The highest BCUT2D eigenvalue weighted by atomic mass is 16.2. The molecule has 1 atom stereocenters. The normalized spacial score (nSPS) is 23.9. The molecule has 0 aromatic carbocycles. The Hall–Kier alpha value is -1.49. The topological polar surface area (TPSA) is 66.9 Å². The maximum Gasteiger partial charge on any atom is 0.228 e. The summed E-state index contributed by atoms with van der Waals surface area (Å²) in [6, 6.07) is 0. The molecule has 5 nitrogen and oxygen atoms in total. The lowest BCUT2D eigenvalue weighted by Gasteiger charge is -2.23. The molecule has 5 heteroatoms. The molecule has 1 spiro atoms. The van der Waals surface area contributed by atoms with Crippen LogP contribution < -0.4 is 10.6 Å². The maximum absolute atomic E-state index is 12.3. The second-order valence-corrected chi connectivity index (χ2v) is 7.40. The molecule has 2 N–H and O–H groups in total. The Morgan fingerprint density at radius 1 is 1.29 bits per heavy atom. The highest BCUT2D eigenvalue weighted by molar-refractivity contribution is 5.94. The molecule has 2 heterocycles. The molecule has 1 aromatic heterocycles. The number of carbonyl (C=O) groups excluding carboxylic acids is 1. The van der Waals surface area contributed by atoms with Crippen molar-refractivity contribution in [3.8, 4) is 0 Å². The summed E-state index contributed by atoms with van der Waals surface area (Å²) in [4.78, 5) is 21.0. The van der Waals surface area contributed by atoms with Crippen LogP contribution in [0.25, 0.3) is 0 Å². The molecule has 1 aliphatic carbocycles. The van der Waals surface area contributed by atoms with Crippen molar-refractivity contribution in [1.82, 2.24) is 15.3 Å². The molecule has 1 unspecified atom stereocenters. The van der Waals surface area contributed by atoms with E-state index >= 15 is 0 Å².